The van der Waals surface area contributed by atoms with E-state index >= 15 is 0 Å². The van der Waals surface area contributed by atoms with Crippen LogP contribution < -0.4 is 10.1 Å². The molecular formula is C17H18N2O. The molecule has 0 amide bonds. The van der Waals surface area contributed by atoms with Crippen molar-refractivity contribution in [2.75, 3.05) is 12.4 Å². The van der Waals surface area contributed by atoms with Gasteiger partial charge in [0, 0.05) is 11.3 Å². The summed E-state index contributed by atoms with van der Waals surface area (Å²) in [5.74, 6) is 0.889. The smallest absolute Gasteiger partial charge is 0.124 e. The van der Waals surface area contributed by atoms with Crippen LogP contribution >= 0.6 is 0 Å². The van der Waals surface area contributed by atoms with Crippen LogP contribution in [0, 0.1) is 11.3 Å². The fraction of sp³-hybridized carbons (Fsp3) is 0.235. The van der Waals surface area contributed by atoms with Crippen LogP contribution in [0.2, 0.25) is 0 Å². The molecule has 0 fully saturated rings. The highest BCUT2D eigenvalue weighted by molar-refractivity contribution is 5.50. The van der Waals surface area contributed by atoms with Crippen molar-refractivity contribution >= 4 is 5.69 Å². The molecule has 0 heterocycles. The van der Waals surface area contributed by atoms with Gasteiger partial charge in [0.1, 0.15) is 5.75 Å². The van der Waals surface area contributed by atoms with Crippen molar-refractivity contribution in [1.29, 1.82) is 5.26 Å². The van der Waals surface area contributed by atoms with Gasteiger partial charge in [0.05, 0.1) is 24.8 Å². The van der Waals surface area contributed by atoms with E-state index in [4.69, 9.17) is 10.00 Å². The number of nitriles is 1. The molecule has 2 aromatic rings. The number of nitrogens with zero attached hydrogens (tertiary/aromatic N) is 1. The van der Waals surface area contributed by atoms with E-state index in [0.717, 1.165) is 23.4 Å². The van der Waals surface area contributed by atoms with Gasteiger partial charge in [-0.1, -0.05) is 25.1 Å². The first-order chi connectivity index (χ1) is 9.78. The summed E-state index contributed by atoms with van der Waals surface area (Å²) >= 11 is 0. The van der Waals surface area contributed by atoms with E-state index in [9.17, 15) is 0 Å². The molecule has 0 bridgehead atoms. The maximum absolute atomic E-state index is 8.82. The number of hydrogen-bond donors (Lipinski definition) is 1. The number of methoxy groups -OCH3 is 1. The van der Waals surface area contributed by atoms with Gasteiger partial charge in [-0.15, -0.1) is 0 Å². The average molecular weight is 266 g/mol. The van der Waals surface area contributed by atoms with Crippen LogP contribution in [0.3, 0.4) is 0 Å². The number of nitrogens with one attached hydrogen (secondary N) is 1. The SMILES string of the molecule is CCC(Nc1ccc(C#N)cc1)c1ccccc1OC. The Morgan fingerprint density at radius 2 is 1.85 bits per heavy atom. The zero-order chi connectivity index (χ0) is 14.4. The lowest BCUT2D eigenvalue weighted by Gasteiger charge is -2.21. The van der Waals surface area contributed by atoms with Crippen molar-refractivity contribution in [1.82, 2.24) is 0 Å². The molecule has 3 heteroatoms. The van der Waals surface area contributed by atoms with Crippen LogP contribution in [0.15, 0.2) is 48.5 Å². The zero-order valence-corrected chi connectivity index (χ0v) is 11.8. The summed E-state index contributed by atoms with van der Waals surface area (Å²) in [4.78, 5) is 0. The maximum Gasteiger partial charge on any atom is 0.124 e. The minimum atomic E-state index is 0.180. The van der Waals surface area contributed by atoms with Crippen molar-refractivity contribution in [2.24, 2.45) is 0 Å². The molecule has 1 N–H and O–H groups in total. The molecule has 0 saturated heterocycles. The second-order valence-corrected chi connectivity index (χ2v) is 4.54. The Morgan fingerprint density at radius 1 is 1.15 bits per heavy atom. The molecule has 0 aliphatic carbocycles. The fourth-order valence-electron chi connectivity index (χ4n) is 2.20. The Bertz CT molecular complexity index is 599. The maximum atomic E-state index is 8.82. The first kappa shape index (κ1) is 14.0. The summed E-state index contributed by atoms with van der Waals surface area (Å²) < 4.78 is 5.42. The van der Waals surface area contributed by atoms with Gasteiger partial charge in [-0.3, -0.25) is 0 Å². The fourth-order valence-corrected chi connectivity index (χ4v) is 2.20. The van der Waals surface area contributed by atoms with Crippen molar-refractivity contribution in [3.8, 4) is 11.8 Å². The molecule has 0 saturated carbocycles. The van der Waals surface area contributed by atoms with Crippen LogP contribution in [0.4, 0.5) is 5.69 Å². The molecule has 0 radical (unpaired) electrons. The van der Waals surface area contributed by atoms with Gasteiger partial charge in [-0.2, -0.15) is 5.26 Å². The average Bonchev–Trinajstić information content (AvgIpc) is 2.53. The normalized spacial score (nSPS) is 11.4. The number of hydrogen-bond acceptors (Lipinski definition) is 3. The third-order valence-corrected chi connectivity index (χ3v) is 3.28. The summed E-state index contributed by atoms with van der Waals surface area (Å²) in [6.07, 6.45) is 0.945. The minimum Gasteiger partial charge on any atom is -0.496 e. The highest BCUT2D eigenvalue weighted by Gasteiger charge is 2.13. The van der Waals surface area contributed by atoms with Gasteiger partial charge in [-0.05, 0) is 36.8 Å². The third kappa shape index (κ3) is 3.10. The van der Waals surface area contributed by atoms with Crippen molar-refractivity contribution in [3.63, 3.8) is 0 Å². The summed E-state index contributed by atoms with van der Waals surface area (Å²) in [6, 6.07) is 17.8. The van der Waals surface area contributed by atoms with Crippen molar-refractivity contribution in [3.05, 3.63) is 59.7 Å². The number of anilines is 1. The Morgan fingerprint density at radius 3 is 2.45 bits per heavy atom. The molecule has 2 aromatic carbocycles. The lowest BCUT2D eigenvalue weighted by molar-refractivity contribution is 0.406. The molecule has 1 unspecified atom stereocenters. The standard InChI is InChI=1S/C17H18N2O/c1-3-16(15-6-4-5-7-17(15)20-2)19-14-10-8-13(12-18)9-11-14/h4-11,16,19H,3H2,1-2H3. The number of para-hydroxylation sites is 1. The van der Waals surface area contributed by atoms with E-state index in [1.54, 1.807) is 7.11 Å². The van der Waals surface area contributed by atoms with Gasteiger partial charge in [0.15, 0.2) is 0 Å². The lowest BCUT2D eigenvalue weighted by Crippen LogP contribution is -2.10. The zero-order valence-electron chi connectivity index (χ0n) is 11.8. The molecule has 2 rings (SSSR count). The first-order valence-corrected chi connectivity index (χ1v) is 6.68. The van der Waals surface area contributed by atoms with Crippen molar-refractivity contribution < 1.29 is 4.74 Å². The molecule has 0 aromatic heterocycles. The minimum absolute atomic E-state index is 0.180. The second kappa shape index (κ2) is 6.63. The molecule has 0 spiro atoms. The largest absolute Gasteiger partial charge is 0.496 e. The monoisotopic (exact) mass is 266 g/mol. The quantitative estimate of drug-likeness (QED) is 0.885. The van der Waals surface area contributed by atoms with Gasteiger partial charge >= 0.3 is 0 Å². The Kier molecular flexibility index (Phi) is 4.62. The summed E-state index contributed by atoms with van der Waals surface area (Å²) in [6.45, 7) is 2.13. The van der Waals surface area contributed by atoms with Crippen LogP contribution in [0.25, 0.3) is 0 Å². The first-order valence-electron chi connectivity index (χ1n) is 6.68. The third-order valence-electron chi connectivity index (χ3n) is 3.28. The topological polar surface area (TPSA) is 45.0 Å². The summed E-state index contributed by atoms with van der Waals surface area (Å²) in [5.41, 5.74) is 2.81. The Hall–Kier alpha value is -2.47. The van der Waals surface area contributed by atoms with Crippen molar-refractivity contribution in [2.45, 2.75) is 19.4 Å². The van der Waals surface area contributed by atoms with E-state index < -0.39 is 0 Å². The number of rotatable bonds is 5. The predicted octanol–water partition coefficient (Wildman–Crippen LogP) is 4.13. The molecule has 1 atom stereocenters. The predicted molar refractivity (Wildman–Crippen MR) is 80.8 cm³/mol. The van der Waals surface area contributed by atoms with Gasteiger partial charge < -0.3 is 10.1 Å². The Labute approximate surface area is 119 Å². The van der Waals surface area contributed by atoms with E-state index in [2.05, 4.69) is 24.4 Å². The molecule has 0 aliphatic rings. The molecular weight excluding hydrogens is 248 g/mol. The molecule has 0 aliphatic heterocycles. The van der Waals surface area contributed by atoms with Crippen LogP contribution in [-0.2, 0) is 0 Å². The lowest BCUT2D eigenvalue weighted by atomic mass is 10.0. The highest BCUT2D eigenvalue weighted by Crippen LogP contribution is 2.29. The number of benzene rings is 2. The van der Waals surface area contributed by atoms with Gasteiger partial charge in [0.2, 0.25) is 0 Å². The van der Waals surface area contributed by atoms with E-state index in [1.165, 1.54) is 0 Å². The van der Waals surface area contributed by atoms with E-state index in [1.807, 2.05) is 42.5 Å². The summed E-state index contributed by atoms with van der Waals surface area (Å²) in [7, 11) is 1.69. The second-order valence-electron chi connectivity index (χ2n) is 4.54. The Balaban J connectivity index is 2.22. The van der Waals surface area contributed by atoms with Gasteiger partial charge in [0.25, 0.3) is 0 Å². The van der Waals surface area contributed by atoms with E-state index in [-0.39, 0.29) is 6.04 Å². The molecule has 3 nitrogen and oxygen atoms in total. The van der Waals surface area contributed by atoms with Crippen LogP contribution in [-0.4, -0.2) is 7.11 Å². The molecule has 102 valence electrons. The molecule has 20 heavy (non-hydrogen) atoms. The summed E-state index contributed by atoms with van der Waals surface area (Å²) in [5, 5.41) is 12.3. The van der Waals surface area contributed by atoms with E-state index in [0.29, 0.717) is 5.56 Å². The van der Waals surface area contributed by atoms with Crippen LogP contribution in [0.5, 0.6) is 5.75 Å². The number of ether oxygens (including phenoxy) is 1. The van der Waals surface area contributed by atoms with Crippen LogP contribution in [0.1, 0.15) is 30.5 Å². The highest BCUT2D eigenvalue weighted by atomic mass is 16.5. The van der Waals surface area contributed by atoms with Gasteiger partial charge in [-0.25, -0.2) is 0 Å².